The fourth-order valence-corrected chi connectivity index (χ4v) is 3.17. The van der Waals surface area contributed by atoms with Crippen molar-refractivity contribution in [2.24, 2.45) is 0 Å². The Morgan fingerprint density at radius 3 is 2.67 bits per heavy atom. The van der Waals surface area contributed by atoms with E-state index in [9.17, 15) is 0 Å². The summed E-state index contributed by atoms with van der Waals surface area (Å²) in [6.07, 6.45) is 2.51. The van der Waals surface area contributed by atoms with Crippen LogP contribution < -0.4 is 5.32 Å². The summed E-state index contributed by atoms with van der Waals surface area (Å²) < 4.78 is 1.31. The molecule has 0 spiro atoms. The van der Waals surface area contributed by atoms with Crippen LogP contribution in [0.1, 0.15) is 38.3 Å². The minimum absolute atomic E-state index is 0.520. The third-order valence-corrected chi connectivity index (χ3v) is 4.55. The van der Waals surface area contributed by atoms with Gasteiger partial charge >= 0.3 is 0 Å². The van der Waals surface area contributed by atoms with Gasteiger partial charge in [-0.15, -0.1) is 0 Å². The second-order valence-electron chi connectivity index (χ2n) is 5.11. The van der Waals surface area contributed by atoms with E-state index in [2.05, 4.69) is 70.9 Å². The zero-order chi connectivity index (χ0) is 13.0. The van der Waals surface area contributed by atoms with Crippen LogP contribution in [0, 0.1) is 3.57 Å². The normalized spacial score (nSPS) is 21.4. The molecule has 1 aromatic carbocycles. The first kappa shape index (κ1) is 14.3. The Labute approximate surface area is 124 Å². The molecule has 1 heterocycles. The number of rotatable bonds is 5. The lowest BCUT2D eigenvalue weighted by molar-refractivity contribution is 0.153. The van der Waals surface area contributed by atoms with Gasteiger partial charge in [0.25, 0.3) is 0 Å². The SMILES string of the molecule is CCCN(C1CCNC1)C(C)c1ccc(I)cc1. The molecule has 1 fully saturated rings. The zero-order valence-corrected chi connectivity index (χ0v) is 13.5. The molecule has 100 valence electrons. The average Bonchev–Trinajstić information content (AvgIpc) is 2.90. The smallest absolute Gasteiger partial charge is 0.0323 e. The summed E-state index contributed by atoms with van der Waals surface area (Å²) in [6.45, 7) is 8.13. The molecule has 0 saturated carbocycles. The van der Waals surface area contributed by atoms with E-state index >= 15 is 0 Å². The van der Waals surface area contributed by atoms with Gasteiger partial charge in [0.1, 0.15) is 0 Å². The molecule has 1 aliphatic rings. The molecule has 18 heavy (non-hydrogen) atoms. The van der Waals surface area contributed by atoms with Crippen molar-refractivity contribution in [1.29, 1.82) is 0 Å². The minimum Gasteiger partial charge on any atom is -0.315 e. The lowest BCUT2D eigenvalue weighted by Gasteiger charge is -2.34. The van der Waals surface area contributed by atoms with E-state index < -0.39 is 0 Å². The van der Waals surface area contributed by atoms with Gasteiger partial charge in [-0.1, -0.05) is 19.1 Å². The lowest BCUT2D eigenvalue weighted by atomic mass is 10.0. The van der Waals surface area contributed by atoms with Crippen LogP contribution in [0.15, 0.2) is 24.3 Å². The fraction of sp³-hybridized carbons (Fsp3) is 0.600. The molecule has 2 rings (SSSR count). The summed E-state index contributed by atoms with van der Waals surface area (Å²) in [7, 11) is 0. The summed E-state index contributed by atoms with van der Waals surface area (Å²) >= 11 is 2.37. The third-order valence-electron chi connectivity index (χ3n) is 3.84. The number of benzene rings is 1. The number of nitrogens with zero attached hydrogens (tertiary/aromatic N) is 1. The van der Waals surface area contributed by atoms with E-state index in [-0.39, 0.29) is 0 Å². The first-order chi connectivity index (χ1) is 8.72. The summed E-state index contributed by atoms with van der Waals surface area (Å²) in [5.74, 6) is 0. The predicted octanol–water partition coefficient (Wildman–Crippen LogP) is 3.43. The Hall–Kier alpha value is -0.130. The van der Waals surface area contributed by atoms with Crippen molar-refractivity contribution in [3.05, 3.63) is 33.4 Å². The quantitative estimate of drug-likeness (QED) is 0.812. The summed E-state index contributed by atoms with van der Waals surface area (Å²) in [4.78, 5) is 2.67. The van der Waals surface area contributed by atoms with Crippen LogP contribution in [0.2, 0.25) is 0 Å². The molecule has 0 aromatic heterocycles. The van der Waals surface area contributed by atoms with Crippen molar-refractivity contribution in [2.45, 2.75) is 38.8 Å². The highest BCUT2D eigenvalue weighted by Gasteiger charge is 2.26. The molecule has 2 unspecified atom stereocenters. The lowest BCUT2D eigenvalue weighted by Crippen LogP contribution is -2.39. The molecular weight excluding hydrogens is 335 g/mol. The highest BCUT2D eigenvalue weighted by atomic mass is 127. The highest BCUT2D eigenvalue weighted by Crippen LogP contribution is 2.25. The predicted molar refractivity (Wildman–Crippen MR) is 85.8 cm³/mol. The summed E-state index contributed by atoms with van der Waals surface area (Å²) in [5.41, 5.74) is 1.44. The zero-order valence-electron chi connectivity index (χ0n) is 11.3. The first-order valence-electron chi connectivity index (χ1n) is 6.94. The van der Waals surface area contributed by atoms with Gasteiger partial charge in [0.15, 0.2) is 0 Å². The molecule has 0 amide bonds. The topological polar surface area (TPSA) is 15.3 Å². The largest absolute Gasteiger partial charge is 0.315 e. The second-order valence-corrected chi connectivity index (χ2v) is 6.36. The monoisotopic (exact) mass is 358 g/mol. The maximum atomic E-state index is 3.48. The molecule has 0 radical (unpaired) electrons. The first-order valence-corrected chi connectivity index (χ1v) is 8.02. The van der Waals surface area contributed by atoms with E-state index in [4.69, 9.17) is 0 Å². The number of nitrogens with one attached hydrogen (secondary N) is 1. The molecule has 0 bridgehead atoms. The van der Waals surface area contributed by atoms with E-state index in [1.54, 1.807) is 0 Å². The van der Waals surface area contributed by atoms with Crippen LogP contribution in [-0.4, -0.2) is 30.6 Å². The maximum Gasteiger partial charge on any atom is 0.0323 e. The van der Waals surface area contributed by atoms with Gasteiger partial charge in [-0.05, 0) is 73.1 Å². The molecule has 1 N–H and O–H groups in total. The summed E-state index contributed by atoms with van der Waals surface area (Å²) in [6, 6.07) is 10.2. The second kappa shape index (κ2) is 6.87. The standard InChI is InChI=1S/C15H23IN2/c1-3-10-18(15-8-9-17-11-15)12(2)13-4-6-14(16)7-5-13/h4-7,12,15,17H,3,8-11H2,1-2H3. The van der Waals surface area contributed by atoms with Crippen molar-refractivity contribution in [2.75, 3.05) is 19.6 Å². The van der Waals surface area contributed by atoms with Crippen molar-refractivity contribution in [3.63, 3.8) is 0 Å². The van der Waals surface area contributed by atoms with Gasteiger partial charge in [0.05, 0.1) is 0 Å². The molecule has 0 aliphatic carbocycles. The van der Waals surface area contributed by atoms with Gasteiger partial charge in [0, 0.05) is 22.2 Å². The highest BCUT2D eigenvalue weighted by molar-refractivity contribution is 14.1. The van der Waals surface area contributed by atoms with E-state index in [0.717, 1.165) is 6.54 Å². The van der Waals surface area contributed by atoms with E-state index in [0.29, 0.717) is 12.1 Å². The number of hydrogen-bond acceptors (Lipinski definition) is 2. The Morgan fingerprint density at radius 2 is 2.11 bits per heavy atom. The van der Waals surface area contributed by atoms with Crippen molar-refractivity contribution < 1.29 is 0 Å². The van der Waals surface area contributed by atoms with Crippen LogP contribution >= 0.6 is 22.6 Å². The molecular formula is C15H23IN2. The van der Waals surface area contributed by atoms with Gasteiger partial charge in [-0.25, -0.2) is 0 Å². The van der Waals surface area contributed by atoms with Gasteiger partial charge < -0.3 is 5.32 Å². The Kier molecular flexibility index (Phi) is 5.45. The minimum atomic E-state index is 0.520. The maximum absolute atomic E-state index is 3.48. The van der Waals surface area contributed by atoms with Crippen LogP contribution in [0.4, 0.5) is 0 Å². The van der Waals surface area contributed by atoms with Crippen LogP contribution in [0.25, 0.3) is 0 Å². The van der Waals surface area contributed by atoms with Crippen LogP contribution in [0.3, 0.4) is 0 Å². The van der Waals surface area contributed by atoms with Crippen molar-refractivity contribution in [1.82, 2.24) is 10.2 Å². The van der Waals surface area contributed by atoms with Crippen LogP contribution in [0.5, 0.6) is 0 Å². The summed E-state index contributed by atoms with van der Waals surface area (Å²) in [5, 5.41) is 3.48. The Morgan fingerprint density at radius 1 is 1.39 bits per heavy atom. The van der Waals surface area contributed by atoms with Crippen molar-refractivity contribution >= 4 is 22.6 Å². The Balaban J connectivity index is 2.11. The van der Waals surface area contributed by atoms with E-state index in [1.807, 2.05) is 0 Å². The fourth-order valence-electron chi connectivity index (χ4n) is 2.81. The molecule has 1 saturated heterocycles. The third kappa shape index (κ3) is 3.45. The Bertz CT molecular complexity index is 357. The van der Waals surface area contributed by atoms with Crippen LogP contribution in [-0.2, 0) is 0 Å². The molecule has 2 nitrogen and oxygen atoms in total. The van der Waals surface area contributed by atoms with E-state index in [1.165, 1.54) is 35.1 Å². The van der Waals surface area contributed by atoms with Gasteiger partial charge in [0.2, 0.25) is 0 Å². The molecule has 1 aliphatic heterocycles. The van der Waals surface area contributed by atoms with Gasteiger partial charge in [-0.3, -0.25) is 4.90 Å². The molecule has 1 aromatic rings. The number of halogens is 1. The molecule has 2 atom stereocenters. The molecule has 3 heteroatoms. The number of hydrogen-bond donors (Lipinski definition) is 1. The average molecular weight is 358 g/mol. The van der Waals surface area contributed by atoms with Gasteiger partial charge in [-0.2, -0.15) is 0 Å². The van der Waals surface area contributed by atoms with Crippen molar-refractivity contribution in [3.8, 4) is 0 Å².